The van der Waals surface area contributed by atoms with Gasteiger partial charge in [-0.1, -0.05) is 35.9 Å². The molecule has 0 saturated heterocycles. The Morgan fingerprint density at radius 2 is 1.48 bits per heavy atom. The van der Waals surface area contributed by atoms with Crippen molar-refractivity contribution in [1.82, 2.24) is 0 Å². The second-order valence-corrected chi connectivity index (χ2v) is 5.68. The Bertz CT molecular complexity index is 892. The van der Waals surface area contributed by atoms with Gasteiger partial charge < -0.3 is 10.1 Å². The van der Waals surface area contributed by atoms with Crippen molar-refractivity contribution in [3.8, 4) is 5.75 Å². The summed E-state index contributed by atoms with van der Waals surface area (Å²) in [6, 6.07) is 22.0. The van der Waals surface area contributed by atoms with Gasteiger partial charge in [0.05, 0.1) is 5.56 Å². The quantitative estimate of drug-likeness (QED) is 0.542. The van der Waals surface area contributed by atoms with E-state index in [0.717, 1.165) is 0 Å². The summed E-state index contributed by atoms with van der Waals surface area (Å²) >= 11 is 5.86. The zero-order valence-corrected chi connectivity index (χ0v) is 13.9. The van der Waals surface area contributed by atoms with Crippen LogP contribution in [0.25, 0.3) is 0 Å². The van der Waals surface area contributed by atoms with E-state index in [1.807, 2.05) is 6.07 Å². The van der Waals surface area contributed by atoms with Crippen molar-refractivity contribution < 1.29 is 14.3 Å². The molecule has 124 valence electrons. The Kier molecular flexibility index (Phi) is 5.11. The van der Waals surface area contributed by atoms with Gasteiger partial charge in [0, 0.05) is 16.3 Å². The van der Waals surface area contributed by atoms with Gasteiger partial charge in [-0.15, -0.1) is 0 Å². The van der Waals surface area contributed by atoms with Gasteiger partial charge in [-0.2, -0.15) is 0 Å². The van der Waals surface area contributed by atoms with E-state index in [4.69, 9.17) is 16.3 Å². The number of hydrogen-bond acceptors (Lipinski definition) is 3. The number of halogens is 1. The van der Waals surface area contributed by atoms with Gasteiger partial charge in [0.15, 0.2) is 0 Å². The number of rotatable bonds is 4. The molecule has 1 N–H and O–H groups in total. The molecule has 1 amide bonds. The summed E-state index contributed by atoms with van der Waals surface area (Å²) in [4.78, 5) is 24.1. The Morgan fingerprint density at radius 1 is 0.800 bits per heavy atom. The molecule has 0 aromatic heterocycles. The molecule has 0 atom stereocenters. The molecule has 0 spiro atoms. The number of anilines is 1. The van der Waals surface area contributed by atoms with E-state index in [1.54, 1.807) is 72.8 Å². The first-order valence-electron chi connectivity index (χ1n) is 7.56. The third-order valence-electron chi connectivity index (χ3n) is 3.42. The zero-order chi connectivity index (χ0) is 17.6. The van der Waals surface area contributed by atoms with Crippen LogP contribution in [0.15, 0.2) is 78.9 Å². The van der Waals surface area contributed by atoms with E-state index >= 15 is 0 Å². The SMILES string of the molecule is O=C(Nc1ccc(OC(=O)c2cccc(Cl)c2)cc1)c1ccccc1. The predicted molar refractivity (Wildman–Crippen MR) is 97.2 cm³/mol. The average molecular weight is 352 g/mol. The molecule has 3 rings (SSSR count). The molecule has 0 fully saturated rings. The minimum atomic E-state index is -0.497. The highest BCUT2D eigenvalue weighted by molar-refractivity contribution is 6.30. The highest BCUT2D eigenvalue weighted by atomic mass is 35.5. The summed E-state index contributed by atoms with van der Waals surface area (Å²) in [5.74, 6) is -0.324. The van der Waals surface area contributed by atoms with Crippen LogP contribution in [0.3, 0.4) is 0 Å². The first kappa shape index (κ1) is 16.7. The van der Waals surface area contributed by atoms with Crippen LogP contribution in [0.5, 0.6) is 5.75 Å². The normalized spacial score (nSPS) is 10.1. The average Bonchev–Trinajstić information content (AvgIpc) is 2.64. The molecule has 0 aliphatic rings. The van der Waals surface area contributed by atoms with Crippen LogP contribution in [-0.4, -0.2) is 11.9 Å². The molecule has 4 nitrogen and oxygen atoms in total. The Hall–Kier alpha value is -3.11. The second kappa shape index (κ2) is 7.64. The Morgan fingerprint density at radius 3 is 2.16 bits per heavy atom. The molecular weight excluding hydrogens is 338 g/mol. The number of esters is 1. The summed E-state index contributed by atoms with van der Waals surface area (Å²) in [6.07, 6.45) is 0. The lowest BCUT2D eigenvalue weighted by Crippen LogP contribution is -2.12. The van der Waals surface area contributed by atoms with Crippen molar-refractivity contribution in [2.45, 2.75) is 0 Å². The maximum Gasteiger partial charge on any atom is 0.343 e. The Labute approximate surface area is 150 Å². The van der Waals surface area contributed by atoms with Crippen LogP contribution in [0.4, 0.5) is 5.69 Å². The smallest absolute Gasteiger partial charge is 0.343 e. The largest absolute Gasteiger partial charge is 0.423 e. The maximum absolute atomic E-state index is 12.1. The van der Waals surface area contributed by atoms with Crippen molar-refractivity contribution in [1.29, 1.82) is 0 Å². The molecule has 0 saturated carbocycles. The summed E-state index contributed by atoms with van der Waals surface area (Å²) in [5, 5.41) is 3.25. The third-order valence-corrected chi connectivity index (χ3v) is 3.65. The highest BCUT2D eigenvalue weighted by Gasteiger charge is 2.10. The van der Waals surface area contributed by atoms with Crippen molar-refractivity contribution in [3.63, 3.8) is 0 Å². The molecule has 0 unspecified atom stereocenters. The topological polar surface area (TPSA) is 55.4 Å². The van der Waals surface area contributed by atoms with Crippen molar-refractivity contribution in [2.24, 2.45) is 0 Å². The lowest BCUT2D eigenvalue weighted by Gasteiger charge is -2.07. The van der Waals surface area contributed by atoms with E-state index in [0.29, 0.717) is 27.6 Å². The molecule has 0 bridgehead atoms. The number of nitrogens with one attached hydrogen (secondary N) is 1. The fourth-order valence-electron chi connectivity index (χ4n) is 2.18. The summed E-state index contributed by atoms with van der Waals surface area (Å²) in [6.45, 7) is 0. The minimum Gasteiger partial charge on any atom is -0.423 e. The van der Waals surface area contributed by atoms with Gasteiger partial charge in [-0.25, -0.2) is 4.79 Å². The zero-order valence-electron chi connectivity index (χ0n) is 13.1. The van der Waals surface area contributed by atoms with E-state index in [2.05, 4.69) is 5.32 Å². The first-order chi connectivity index (χ1) is 12.1. The number of carbonyl (C=O) groups excluding carboxylic acids is 2. The highest BCUT2D eigenvalue weighted by Crippen LogP contribution is 2.19. The Balaban J connectivity index is 1.64. The van der Waals surface area contributed by atoms with Gasteiger partial charge in [0.1, 0.15) is 5.75 Å². The molecule has 0 heterocycles. The fourth-order valence-corrected chi connectivity index (χ4v) is 2.37. The molecule has 5 heteroatoms. The van der Waals surface area contributed by atoms with E-state index in [9.17, 15) is 9.59 Å². The first-order valence-corrected chi connectivity index (χ1v) is 7.94. The fraction of sp³-hybridized carbons (Fsp3) is 0. The second-order valence-electron chi connectivity index (χ2n) is 5.24. The molecule has 0 aliphatic heterocycles. The summed E-state index contributed by atoms with van der Waals surface area (Å²) in [7, 11) is 0. The van der Waals surface area contributed by atoms with Gasteiger partial charge >= 0.3 is 5.97 Å². The van der Waals surface area contributed by atoms with E-state index < -0.39 is 5.97 Å². The van der Waals surface area contributed by atoms with Crippen LogP contribution >= 0.6 is 11.6 Å². The van der Waals surface area contributed by atoms with Crippen molar-refractivity contribution in [2.75, 3.05) is 5.32 Å². The maximum atomic E-state index is 12.1. The van der Waals surface area contributed by atoms with Gasteiger partial charge in [-0.3, -0.25) is 4.79 Å². The van der Waals surface area contributed by atoms with Crippen LogP contribution in [-0.2, 0) is 0 Å². The lowest BCUT2D eigenvalue weighted by atomic mass is 10.2. The standard InChI is InChI=1S/C20H14ClNO3/c21-16-8-4-7-15(13-16)20(24)25-18-11-9-17(10-12-18)22-19(23)14-5-2-1-3-6-14/h1-13H,(H,22,23). The number of carbonyl (C=O) groups is 2. The number of benzene rings is 3. The molecule has 0 radical (unpaired) electrons. The summed E-state index contributed by atoms with van der Waals surface area (Å²) < 4.78 is 5.29. The van der Waals surface area contributed by atoms with E-state index in [1.165, 1.54) is 0 Å². The summed E-state index contributed by atoms with van der Waals surface area (Å²) in [5.41, 5.74) is 1.55. The van der Waals surface area contributed by atoms with Crippen LogP contribution < -0.4 is 10.1 Å². The monoisotopic (exact) mass is 351 g/mol. The predicted octanol–water partition coefficient (Wildman–Crippen LogP) is 4.81. The molecule has 25 heavy (non-hydrogen) atoms. The molecule has 3 aromatic carbocycles. The minimum absolute atomic E-state index is 0.204. The van der Waals surface area contributed by atoms with Crippen LogP contribution in [0.2, 0.25) is 5.02 Å². The number of hydrogen-bond donors (Lipinski definition) is 1. The number of amides is 1. The van der Waals surface area contributed by atoms with Crippen LogP contribution in [0, 0.1) is 0 Å². The van der Waals surface area contributed by atoms with Gasteiger partial charge in [0.25, 0.3) is 5.91 Å². The molecule has 0 aliphatic carbocycles. The van der Waals surface area contributed by atoms with E-state index in [-0.39, 0.29) is 5.91 Å². The van der Waals surface area contributed by atoms with Crippen molar-refractivity contribution >= 4 is 29.2 Å². The number of ether oxygens (including phenoxy) is 1. The van der Waals surface area contributed by atoms with Gasteiger partial charge in [0.2, 0.25) is 0 Å². The van der Waals surface area contributed by atoms with Gasteiger partial charge in [-0.05, 0) is 54.6 Å². The lowest BCUT2D eigenvalue weighted by molar-refractivity contribution is 0.0734. The molecule has 3 aromatic rings. The molecular formula is C20H14ClNO3. The van der Waals surface area contributed by atoms with Crippen LogP contribution in [0.1, 0.15) is 20.7 Å². The van der Waals surface area contributed by atoms with Crippen molar-refractivity contribution in [3.05, 3.63) is 95.0 Å². The third kappa shape index (κ3) is 4.46.